The van der Waals surface area contributed by atoms with Gasteiger partial charge in [-0.1, -0.05) is 34.6 Å². The molecule has 1 aromatic rings. The second-order valence-corrected chi connectivity index (χ2v) is 7.20. The zero-order chi connectivity index (χ0) is 14.0. The second-order valence-electron chi connectivity index (χ2n) is 7.20. The summed E-state index contributed by atoms with van der Waals surface area (Å²) in [6.07, 6.45) is 3.63. The van der Waals surface area contributed by atoms with Crippen molar-refractivity contribution in [3.05, 3.63) is 24.2 Å². The molecular formula is C16H28N2O. The Kier molecular flexibility index (Phi) is 4.36. The van der Waals surface area contributed by atoms with E-state index in [9.17, 15) is 0 Å². The predicted octanol–water partition coefficient (Wildman–Crippen LogP) is 3.12. The Labute approximate surface area is 117 Å². The van der Waals surface area contributed by atoms with Crippen LogP contribution in [0, 0.1) is 11.3 Å². The first-order valence-corrected chi connectivity index (χ1v) is 7.36. The topological polar surface area (TPSA) is 28.4 Å². The fourth-order valence-corrected chi connectivity index (χ4v) is 2.86. The van der Waals surface area contributed by atoms with Crippen LogP contribution >= 0.6 is 0 Å². The zero-order valence-electron chi connectivity index (χ0n) is 12.9. The summed E-state index contributed by atoms with van der Waals surface area (Å²) < 4.78 is 5.20. The van der Waals surface area contributed by atoms with E-state index < -0.39 is 0 Å². The Morgan fingerprint density at radius 1 is 1.42 bits per heavy atom. The number of hydrogen-bond acceptors (Lipinski definition) is 3. The van der Waals surface area contributed by atoms with Crippen LogP contribution in [0.25, 0.3) is 0 Å². The van der Waals surface area contributed by atoms with Crippen molar-refractivity contribution in [3.8, 4) is 0 Å². The van der Waals surface area contributed by atoms with Gasteiger partial charge < -0.3 is 9.73 Å². The molecule has 1 fully saturated rings. The first-order chi connectivity index (χ1) is 8.88. The molecule has 2 heterocycles. The fourth-order valence-electron chi connectivity index (χ4n) is 2.86. The van der Waals surface area contributed by atoms with Gasteiger partial charge in [-0.05, 0) is 17.4 Å². The van der Waals surface area contributed by atoms with E-state index in [4.69, 9.17) is 4.42 Å². The number of furan rings is 1. The summed E-state index contributed by atoms with van der Waals surface area (Å²) in [5, 5.41) is 3.73. The van der Waals surface area contributed by atoms with Gasteiger partial charge in [-0.25, -0.2) is 0 Å². The van der Waals surface area contributed by atoms with Crippen molar-refractivity contribution < 1.29 is 4.42 Å². The molecule has 2 atom stereocenters. The van der Waals surface area contributed by atoms with E-state index >= 15 is 0 Å². The average molecular weight is 264 g/mol. The van der Waals surface area contributed by atoms with Crippen LogP contribution in [-0.2, 0) is 6.54 Å². The van der Waals surface area contributed by atoms with Gasteiger partial charge in [0.1, 0.15) is 0 Å². The van der Waals surface area contributed by atoms with E-state index in [2.05, 4.69) is 50.9 Å². The number of piperazine rings is 1. The molecule has 0 aromatic carbocycles. The minimum Gasteiger partial charge on any atom is -0.472 e. The molecule has 19 heavy (non-hydrogen) atoms. The maximum Gasteiger partial charge on any atom is 0.0947 e. The van der Waals surface area contributed by atoms with Crippen molar-refractivity contribution in [3.63, 3.8) is 0 Å². The fraction of sp³-hybridized carbons (Fsp3) is 0.750. The normalized spacial score (nSPS) is 26.0. The van der Waals surface area contributed by atoms with Crippen molar-refractivity contribution in [1.29, 1.82) is 0 Å². The summed E-state index contributed by atoms with van der Waals surface area (Å²) in [6.45, 7) is 14.8. The van der Waals surface area contributed by atoms with Crippen LogP contribution in [0.3, 0.4) is 0 Å². The van der Waals surface area contributed by atoms with Gasteiger partial charge in [-0.3, -0.25) is 4.90 Å². The number of nitrogens with one attached hydrogen (secondary N) is 1. The van der Waals surface area contributed by atoms with Gasteiger partial charge in [0.25, 0.3) is 0 Å². The van der Waals surface area contributed by atoms with Gasteiger partial charge in [0.05, 0.1) is 12.5 Å². The maximum absolute atomic E-state index is 5.20. The van der Waals surface area contributed by atoms with Crippen molar-refractivity contribution in [1.82, 2.24) is 10.2 Å². The molecule has 0 bridgehead atoms. The summed E-state index contributed by atoms with van der Waals surface area (Å²) in [5.74, 6) is 0.667. The molecule has 0 radical (unpaired) electrons. The molecule has 1 aromatic heterocycles. The maximum atomic E-state index is 5.20. The Morgan fingerprint density at radius 3 is 2.68 bits per heavy atom. The molecule has 1 saturated heterocycles. The number of rotatable bonds is 3. The van der Waals surface area contributed by atoms with E-state index in [1.807, 2.05) is 6.26 Å². The van der Waals surface area contributed by atoms with Gasteiger partial charge in [0.15, 0.2) is 0 Å². The van der Waals surface area contributed by atoms with Crippen molar-refractivity contribution in [2.45, 2.75) is 53.2 Å². The van der Waals surface area contributed by atoms with Crippen molar-refractivity contribution in [2.24, 2.45) is 11.3 Å². The van der Waals surface area contributed by atoms with E-state index in [-0.39, 0.29) is 0 Å². The molecule has 0 aliphatic carbocycles. The third-order valence-electron chi connectivity index (χ3n) is 4.24. The van der Waals surface area contributed by atoms with Gasteiger partial charge in [0.2, 0.25) is 0 Å². The lowest BCUT2D eigenvalue weighted by molar-refractivity contribution is 0.0571. The third kappa shape index (κ3) is 3.61. The van der Waals surface area contributed by atoms with Crippen LogP contribution in [0.4, 0.5) is 0 Å². The first kappa shape index (κ1) is 14.6. The summed E-state index contributed by atoms with van der Waals surface area (Å²) in [5.41, 5.74) is 1.58. The Hall–Kier alpha value is -0.800. The lowest BCUT2D eigenvalue weighted by Crippen LogP contribution is -2.61. The van der Waals surface area contributed by atoms with Crippen LogP contribution in [-0.4, -0.2) is 30.1 Å². The van der Waals surface area contributed by atoms with Gasteiger partial charge in [-0.2, -0.15) is 0 Å². The summed E-state index contributed by atoms with van der Waals surface area (Å²) in [7, 11) is 0. The molecule has 2 unspecified atom stereocenters. The lowest BCUT2D eigenvalue weighted by Gasteiger charge is -2.46. The van der Waals surface area contributed by atoms with Gasteiger partial charge in [-0.15, -0.1) is 0 Å². The molecule has 3 heteroatoms. The number of nitrogens with zero attached hydrogens (tertiary/aromatic N) is 1. The highest BCUT2D eigenvalue weighted by Crippen LogP contribution is 2.26. The van der Waals surface area contributed by atoms with Crippen molar-refractivity contribution in [2.75, 3.05) is 13.1 Å². The molecule has 0 saturated carbocycles. The van der Waals surface area contributed by atoms with Crippen LogP contribution < -0.4 is 5.32 Å². The summed E-state index contributed by atoms with van der Waals surface area (Å²) >= 11 is 0. The van der Waals surface area contributed by atoms with Gasteiger partial charge >= 0.3 is 0 Å². The van der Waals surface area contributed by atoms with Gasteiger partial charge in [0, 0.05) is 37.3 Å². The smallest absolute Gasteiger partial charge is 0.0947 e. The standard InChI is InChI=1S/C16H28N2O/c1-12(2)14-8-17-15(16(3,4)5)10-18(14)9-13-6-7-19-11-13/h6-7,11-12,14-15,17H,8-10H2,1-5H3. The molecule has 0 amide bonds. The van der Waals surface area contributed by atoms with Crippen LogP contribution in [0.2, 0.25) is 0 Å². The molecule has 3 nitrogen and oxygen atoms in total. The highest BCUT2D eigenvalue weighted by atomic mass is 16.3. The highest BCUT2D eigenvalue weighted by molar-refractivity contribution is 5.06. The SMILES string of the molecule is CC(C)C1CNC(C(C)(C)C)CN1Cc1ccoc1. The van der Waals surface area contributed by atoms with E-state index in [1.165, 1.54) is 5.56 Å². The molecule has 108 valence electrons. The Morgan fingerprint density at radius 2 is 2.16 bits per heavy atom. The lowest BCUT2D eigenvalue weighted by atomic mass is 9.83. The third-order valence-corrected chi connectivity index (χ3v) is 4.24. The quantitative estimate of drug-likeness (QED) is 0.909. The minimum absolute atomic E-state index is 0.302. The first-order valence-electron chi connectivity index (χ1n) is 7.36. The van der Waals surface area contributed by atoms with Crippen LogP contribution in [0.1, 0.15) is 40.2 Å². The predicted molar refractivity (Wildman–Crippen MR) is 79.0 cm³/mol. The molecule has 2 rings (SSSR count). The zero-order valence-corrected chi connectivity index (χ0v) is 12.9. The van der Waals surface area contributed by atoms with E-state index in [1.54, 1.807) is 6.26 Å². The molecule has 0 spiro atoms. The van der Waals surface area contributed by atoms with E-state index in [0.29, 0.717) is 23.4 Å². The minimum atomic E-state index is 0.302. The van der Waals surface area contributed by atoms with Crippen molar-refractivity contribution >= 4 is 0 Å². The summed E-state index contributed by atoms with van der Waals surface area (Å²) in [4.78, 5) is 2.61. The molecular weight excluding hydrogens is 236 g/mol. The summed E-state index contributed by atoms with van der Waals surface area (Å²) in [6, 6.07) is 3.23. The van der Waals surface area contributed by atoms with Crippen LogP contribution in [0.15, 0.2) is 23.0 Å². The van der Waals surface area contributed by atoms with Crippen LogP contribution in [0.5, 0.6) is 0 Å². The average Bonchev–Trinajstić information content (AvgIpc) is 2.80. The Balaban J connectivity index is 2.08. The number of hydrogen-bond donors (Lipinski definition) is 1. The molecule has 1 aliphatic rings. The van der Waals surface area contributed by atoms with E-state index in [0.717, 1.165) is 19.6 Å². The molecule has 1 N–H and O–H groups in total. The second kappa shape index (κ2) is 5.68. The highest BCUT2D eigenvalue weighted by Gasteiger charge is 2.35. The monoisotopic (exact) mass is 264 g/mol. The molecule has 1 aliphatic heterocycles. The Bertz CT molecular complexity index is 378. The largest absolute Gasteiger partial charge is 0.472 e.